The van der Waals surface area contributed by atoms with Crippen LogP contribution in [0.4, 0.5) is 0 Å². The Morgan fingerprint density at radius 3 is 2.44 bits per heavy atom. The monoisotopic (exact) mass is 289 g/mol. The number of thioether (sulfide) groups is 2. The van der Waals surface area contributed by atoms with Crippen LogP contribution in [0.5, 0.6) is 0 Å². The Hall–Kier alpha value is -0.880. The van der Waals surface area contributed by atoms with E-state index in [0.717, 1.165) is 12.8 Å². The number of esters is 1. The van der Waals surface area contributed by atoms with Gasteiger partial charge in [-0.1, -0.05) is 0 Å². The van der Waals surface area contributed by atoms with Crippen molar-refractivity contribution in [2.45, 2.75) is 12.8 Å². The molecule has 0 aromatic heterocycles. The summed E-state index contributed by atoms with van der Waals surface area (Å²) in [4.78, 5) is 22.2. The van der Waals surface area contributed by atoms with E-state index in [1.165, 1.54) is 35.7 Å². The van der Waals surface area contributed by atoms with E-state index in [1.54, 1.807) is 10.8 Å². The highest BCUT2D eigenvalue weighted by molar-refractivity contribution is 8.01. The van der Waals surface area contributed by atoms with Gasteiger partial charge in [-0.2, -0.15) is 0 Å². The molecule has 0 heterocycles. The number of hydrogen-bond donors (Lipinski definition) is 1. The molecule has 0 saturated heterocycles. The Morgan fingerprint density at radius 2 is 1.78 bits per heavy atom. The van der Waals surface area contributed by atoms with Gasteiger partial charge in [-0.05, 0) is 36.2 Å². The highest BCUT2D eigenvalue weighted by Gasteiger charge is 1.97. The third kappa shape index (κ3) is 11.6. The second-order valence-corrected chi connectivity index (χ2v) is 4.73. The van der Waals surface area contributed by atoms with Crippen molar-refractivity contribution in [3.8, 4) is 0 Å². The molecule has 1 amide bonds. The van der Waals surface area contributed by atoms with Crippen molar-refractivity contribution in [3.05, 3.63) is 23.0 Å². The van der Waals surface area contributed by atoms with Gasteiger partial charge in [-0.15, -0.1) is 23.5 Å². The molecule has 0 aromatic carbocycles. The van der Waals surface area contributed by atoms with Gasteiger partial charge in [-0.25, -0.2) is 4.79 Å². The number of amides is 1. The summed E-state index contributed by atoms with van der Waals surface area (Å²) in [5, 5.41) is 6.16. The minimum atomic E-state index is -0.323. The second-order valence-electron chi connectivity index (χ2n) is 3.24. The van der Waals surface area contributed by atoms with Gasteiger partial charge in [0.05, 0.1) is 6.61 Å². The SMILES string of the molecule is CS/C=C/C(=O)NCCCCOC(=O)/C=C/SC. The zero-order valence-electron chi connectivity index (χ0n) is 10.7. The molecule has 0 aromatic rings. The van der Waals surface area contributed by atoms with Gasteiger partial charge in [0.1, 0.15) is 0 Å². The smallest absolute Gasteiger partial charge is 0.331 e. The van der Waals surface area contributed by atoms with E-state index >= 15 is 0 Å². The van der Waals surface area contributed by atoms with E-state index in [0.29, 0.717) is 13.2 Å². The Morgan fingerprint density at radius 1 is 1.11 bits per heavy atom. The predicted molar refractivity (Wildman–Crippen MR) is 78.5 cm³/mol. The number of nitrogens with one attached hydrogen (secondary N) is 1. The Balaban J connectivity index is 3.41. The molecule has 0 rings (SSSR count). The first-order valence-corrected chi connectivity index (χ1v) is 8.11. The van der Waals surface area contributed by atoms with Crippen LogP contribution < -0.4 is 5.32 Å². The fraction of sp³-hybridized carbons (Fsp3) is 0.500. The maximum Gasteiger partial charge on any atom is 0.331 e. The van der Waals surface area contributed by atoms with Crippen LogP contribution in [0.15, 0.2) is 23.0 Å². The number of unbranched alkanes of at least 4 members (excludes halogenated alkanes) is 1. The van der Waals surface area contributed by atoms with Crippen LogP contribution in [0, 0.1) is 0 Å². The molecule has 18 heavy (non-hydrogen) atoms. The summed E-state index contributed by atoms with van der Waals surface area (Å²) in [6.45, 7) is 0.976. The standard InChI is InChI=1S/C12H19NO3S2/c1-17-9-5-11(14)13-7-3-4-8-16-12(15)6-10-18-2/h5-6,9-10H,3-4,7-8H2,1-2H3,(H,13,14)/b9-5+,10-6+. The summed E-state index contributed by atoms with van der Waals surface area (Å²) in [5.41, 5.74) is 0. The molecule has 1 N–H and O–H groups in total. The third-order valence-corrected chi connectivity index (χ3v) is 2.63. The topological polar surface area (TPSA) is 55.4 Å². The third-order valence-electron chi connectivity index (χ3n) is 1.81. The van der Waals surface area contributed by atoms with Crippen LogP contribution in [0.25, 0.3) is 0 Å². The van der Waals surface area contributed by atoms with Gasteiger partial charge in [0.25, 0.3) is 0 Å². The first kappa shape index (κ1) is 17.1. The molecule has 0 saturated carbocycles. The van der Waals surface area contributed by atoms with Crippen molar-refractivity contribution in [1.82, 2.24) is 5.32 Å². The van der Waals surface area contributed by atoms with Crippen molar-refractivity contribution in [3.63, 3.8) is 0 Å². The van der Waals surface area contributed by atoms with Crippen LogP contribution in [0.2, 0.25) is 0 Å². The van der Waals surface area contributed by atoms with Crippen LogP contribution in [0.1, 0.15) is 12.8 Å². The lowest BCUT2D eigenvalue weighted by Gasteiger charge is -2.03. The maximum absolute atomic E-state index is 11.2. The average molecular weight is 289 g/mol. The van der Waals surface area contributed by atoms with Crippen LogP contribution in [-0.4, -0.2) is 37.5 Å². The van der Waals surface area contributed by atoms with Crippen LogP contribution in [0.3, 0.4) is 0 Å². The molecular weight excluding hydrogens is 270 g/mol. The van der Waals surface area contributed by atoms with Gasteiger partial charge in [0.2, 0.25) is 5.91 Å². The predicted octanol–water partition coefficient (Wildman–Crippen LogP) is 2.18. The number of ether oxygens (including phenoxy) is 1. The van der Waals surface area contributed by atoms with E-state index in [1.807, 2.05) is 12.5 Å². The van der Waals surface area contributed by atoms with Gasteiger partial charge in [0.15, 0.2) is 0 Å². The van der Waals surface area contributed by atoms with Crippen molar-refractivity contribution < 1.29 is 14.3 Å². The van der Waals surface area contributed by atoms with E-state index in [4.69, 9.17) is 4.74 Å². The molecule has 6 heteroatoms. The van der Waals surface area contributed by atoms with E-state index in [2.05, 4.69) is 5.32 Å². The van der Waals surface area contributed by atoms with E-state index in [9.17, 15) is 9.59 Å². The van der Waals surface area contributed by atoms with E-state index < -0.39 is 0 Å². The summed E-state index contributed by atoms with van der Waals surface area (Å²) < 4.78 is 4.95. The highest BCUT2D eigenvalue weighted by Crippen LogP contribution is 1.96. The number of carbonyl (C=O) groups is 2. The van der Waals surface area contributed by atoms with Crippen molar-refractivity contribution in [2.75, 3.05) is 25.7 Å². The van der Waals surface area contributed by atoms with Crippen molar-refractivity contribution in [1.29, 1.82) is 0 Å². The molecule has 0 aliphatic rings. The van der Waals surface area contributed by atoms with Crippen molar-refractivity contribution >= 4 is 35.4 Å². The Bertz CT molecular complexity index is 274. The Kier molecular flexibility index (Phi) is 12.0. The lowest BCUT2D eigenvalue weighted by atomic mass is 10.3. The number of rotatable bonds is 9. The first-order chi connectivity index (χ1) is 8.70. The fourth-order valence-corrected chi connectivity index (χ4v) is 1.48. The quantitative estimate of drug-likeness (QED) is 0.400. The molecule has 102 valence electrons. The summed E-state index contributed by atoms with van der Waals surface area (Å²) in [6, 6.07) is 0. The minimum absolute atomic E-state index is 0.0933. The van der Waals surface area contributed by atoms with Crippen molar-refractivity contribution in [2.24, 2.45) is 0 Å². The molecule has 0 fully saturated rings. The zero-order chi connectivity index (χ0) is 13.6. The zero-order valence-corrected chi connectivity index (χ0v) is 12.3. The molecular formula is C12H19NO3S2. The molecule has 0 unspecified atom stereocenters. The maximum atomic E-state index is 11.2. The normalized spacial score (nSPS) is 11.0. The molecule has 0 aliphatic heterocycles. The molecule has 0 bridgehead atoms. The summed E-state index contributed by atoms with van der Waals surface area (Å²) in [7, 11) is 0. The summed E-state index contributed by atoms with van der Waals surface area (Å²) in [5.74, 6) is -0.416. The Labute approximate surface area is 117 Å². The van der Waals surface area contributed by atoms with Gasteiger partial charge in [-0.3, -0.25) is 4.79 Å². The largest absolute Gasteiger partial charge is 0.463 e. The molecule has 4 nitrogen and oxygen atoms in total. The van der Waals surface area contributed by atoms with Crippen LogP contribution >= 0.6 is 23.5 Å². The molecule has 0 aliphatic carbocycles. The molecule has 0 radical (unpaired) electrons. The molecule has 0 spiro atoms. The van der Waals surface area contributed by atoms with Gasteiger partial charge >= 0.3 is 5.97 Å². The summed E-state index contributed by atoms with van der Waals surface area (Å²) >= 11 is 2.93. The fourth-order valence-electron chi connectivity index (χ4n) is 0.972. The van der Waals surface area contributed by atoms with Gasteiger partial charge in [0, 0.05) is 18.7 Å². The number of carbonyl (C=O) groups excluding carboxylic acids is 2. The highest BCUT2D eigenvalue weighted by atomic mass is 32.2. The molecule has 0 atom stereocenters. The van der Waals surface area contributed by atoms with Gasteiger partial charge < -0.3 is 10.1 Å². The van der Waals surface area contributed by atoms with Crippen LogP contribution in [-0.2, 0) is 14.3 Å². The van der Waals surface area contributed by atoms with E-state index in [-0.39, 0.29) is 11.9 Å². The number of hydrogen-bond acceptors (Lipinski definition) is 5. The minimum Gasteiger partial charge on any atom is -0.463 e. The summed E-state index contributed by atoms with van der Waals surface area (Å²) in [6.07, 6.45) is 8.20. The lowest BCUT2D eigenvalue weighted by molar-refractivity contribution is -0.137. The average Bonchev–Trinajstić information content (AvgIpc) is 2.37. The second kappa shape index (κ2) is 12.6. The lowest BCUT2D eigenvalue weighted by Crippen LogP contribution is -2.22. The first-order valence-electron chi connectivity index (χ1n) is 5.54.